The van der Waals surface area contributed by atoms with Gasteiger partial charge in [-0.1, -0.05) is 13.8 Å². The van der Waals surface area contributed by atoms with Crippen molar-refractivity contribution < 1.29 is 14.5 Å². The van der Waals surface area contributed by atoms with Crippen molar-refractivity contribution in [1.29, 1.82) is 0 Å². The Bertz CT molecular complexity index is 712. The Balaban J connectivity index is 2.22. The first-order valence-electron chi connectivity index (χ1n) is 6.52. The predicted molar refractivity (Wildman–Crippen MR) is 83.8 cm³/mol. The summed E-state index contributed by atoms with van der Waals surface area (Å²) in [5, 5.41) is 14.1. The molecule has 0 saturated carbocycles. The monoisotopic (exact) mass is 321 g/mol. The maximum atomic E-state index is 12.2. The van der Waals surface area contributed by atoms with E-state index in [1.54, 1.807) is 6.20 Å². The molecule has 0 radical (unpaired) electrons. The summed E-state index contributed by atoms with van der Waals surface area (Å²) in [6.07, 6.45) is 1.71. The minimum Gasteiger partial charge on any atom is -0.490 e. The number of amides is 1. The summed E-state index contributed by atoms with van der Waals surface area (Å²) < 4.78 is 4.91. The average Bonchev–Trinajstić information content (AvgIpc) is 2.95. The predicted octanol–water partition coefficient (Wildman–Crippen LogP) is 3.44. The molecule has 0 bridgehead atoms. The van der Waals surface area contributed by atoms with Gasteiger partial charge >= 0.3 is 5.69 Å². The zero-order valence-corrected chi connectivity index (χ0v) is 13.1. The number of nitro benzene ring substituents is 1. The summed E-state index contributed by atoms with van der Waals surface area (Å²) in [6, 6.07) is 4.05. The van der Waals surface area contributed by atoms with Gasteiger partial charge < -0.3 is 4.74 Å². The Labute approximate surface area is 131 Å². The lowest BCUT2D eigenvalue weighted by Gasteiger charge is -2.05. The smallest absolute Gasteiger partial charge is 0.311 e. The van der Waals surface area contributed by atoms with E-state index >= 15 is 0 Å². The van der Waals surface area contributed by atoms with Gasteiger partial charge in [-0.05, 0) is 18.1 Å². The van der Waals surface area contributed by atoms with Gasteiger partial charge in [0.05, 0.1) is 12.0 Å². The molecule has 1 N–H and O–H groups in total. The number of rotatable bonds is 5. The number of hydrogen-bond acceptors (Lipinski definition) is 6. The molecule has 1 heterocycles. The van der Waals surface area contributed by atoms with E-state index in [1.165, 1.54) is 36.6 Å². The van der Waals surface area contributed by atoms with Crippen LogP contribution in [-0.2, 0) is 0 Å². The van der Waals surface area contributed by atoms with Gasteiger partial charge in [-0.25, -0.2) is 4.98 Å². The number of carbonyl (C=O) groups is 1. The van der Waals surface area contributed by atoms with Crippen LogP contribution < -0.4 is 10.1 Å². The van der Waals surface area contributed by atoms with Crippen LogP contribution in [0.4, 0.5) is 10.8 Å². The molecule has 0 aliphatic carbocycles. The van der Waals surface area contributed by atoms with Crippen LogP contribution in [0.2, 0.25) is 0 Å². The van der Waals surface area contributed by atoms with E-state index in [2.05, 4.69) is 10.3 Å². The van der Waals surface area contributed by atoms with Crippen LogP contribution in [0.5, 0.6) is 5.75 Å². The van der Waals surface area contributed by atoms with Crippen LogP contribution >= 0.6 is 11.3 Å². The Morgan fingerprint density at radius 3 is 2.73 bits per heavy atom. The lowest BCUT2D eigenvalue weighted by molar-refractivity contribution is -0.385. The lowest BCUT2D eigenvalue weighted by Crippen LogP contribution is -2.12. The fourth-order valence-corrected chi connectivity index (χ4v) is 2.57. The number of hydrogen-bond donors (Lipinski definition) is 1. The molecule has 0 spiro atoms. The van der Waals surface area contributed by atoms with E-state index in [1.807, 2.05) is 13.8 Å². The molecular weight excluding hydrogens is 306 g/mol. The Morgan fingerprint density at radius 1 is 1.45 bits per heavy atom. The number of aromatic nitrogens is 1. The fraction of sp³-hybridized carbons (Fsp3) is 0.286. The summed E-state index contributed by atoms with van der Waals surface area (Å²) in [5.74, 6) is -0.0153. The molecule has 0 aliphatic heterocycles. The molecule has 1 amide bonds. The SMILES string of the molecule is COc1ccc(C(=O)Nc2ncc(C(C)C)s2)cc1[N+](=O)[O-]. The van der Waals surface area contributed by atoms with Crippen molar-refractivity contribution in [1.82, 2.24) is 4.98 Å². The molecule has 116 valence electrons. The van der Waals surface area contributed by atoms with Crippen LogP contribution in [0.3, 0.4) is 0 Å². The molecule has 8 heteroatoms. The number of anilines is 1. The molecule has 1 aromatic carbocycles. The van der Waals surface area contributed by atoms with Crippen molar-refractivity contribution in [3.05, 3.63) is 45.0 Å². The molecule has 0 fully saturated rings. The van der Waals surface area contributed by atoms with E-state index in [0.29, 0.717) is 11.0 Å². The summed E-state index contributed by atoms with van der Waals surface area (Å²) >= 11 is 1.38. The molecule has 0 unspecified atom stereocenters. The minimum absolute atomic E-state index is 0.109. The fourth-order valence-electron chi connectivity index (χ4n) is 1.75. The zero-order chi connectivity index (χ0) is 16.3. The second-order valence-electron chi connectivity index (χ2n) is 4.82. The van der Waals surface area contributed by atoms with Gasteiger partial charge in [0.2, 0.25) is 0 Å². The zero-order valence-electron chi connectivity index (χ0n) is 12.3. The Morgan fingerprint density at radius 2 is 2.18 bits per heavy atom. The second-order valence-corrected chi connectivity index (χ2v) is 5.88. The topological polar surface area (TPSA) is 94.4 Å². The van der Waals surface area contributed by atoms with Crippen molar-refractivity contribution in [3.8, 4) is 5.75 Å². The van der Waals surface area contributed by atoms with Crippen LogP contribution in [0.25, 0.3) is 0 Å². The number of nitro groups is 1. The van der Waals surface area contributed by atoms with Crippen molar-refractivity contribution >= 4 is 28.1 Å². The van der Waals surface area contributed by atoms with Gasteiger partial charge in [0.25, 0.3) is 5.91 Å². The largest absolute Gasteiger partial charge is 0.490 e. The number of nitrogens with zero attached hydrogens (tertiary/aromatic N) is 2. The van der Waals surface area contributed by atoms with Crippen LogP contribution in [0.1, 0.15) is 35.0 Å². The first-order chi connectivity index (χ1) is 10.4. The number of nitrogens with one attached hydrogen (secondary N) is 1. The summed E-state index contributed by atoms with van der Waals surface area (Å²) in [7, 11) is 1.34. The van der Waals surface area contributed by atoms with Gasteiger partial charge in [0.15, 0.2) is 10.9 Å². The second kappa shape index (κ2) is 6.52. The van der Waals surface area contributed by atoms with Gasteiger partial charge in [-0.3, -0.25) is 20.2 Å². The standard InChI is InChI=1S/C14H15N3O4S/c1-8(2)12-7-15-14(22-12)16-13(18)9-4-5-11(21-3)10(6-9)17(19)20/h4-8H,1-3H3,(H,15,16,18). The van der Waals surface area contributed by atoms with Crippen molar-refractivity contribution in [3.63, 3.8) is 0 Å². The molecular formula is C14H15N3O4S. The number of thiazole rings is 1. The summed E-state index contributed by atoms with van der Waals surface area (Å²) in [4.78, 5) is 27.7. The lowest BCUT2D eigenvalue weighted by atomic mass is 10.2. The third kappa shape index (κ3) is 3.40. The van der Waals surface area contributed by atoms with Crippen LogP contribution in [-0.4, -0.2) is 22.9 Å². The highest BCUT2D eigenvalue weighted by Gasteiger charge is 2.19. The van der Waals surface area contributed by atoms with E-state index in [-0.39, 0.29) is 17.0 Å². The Kier molecular flexibility index (Phi) is 4.71. The third-order valence-electron chi connectivity index (χ3n) is 2.95. The van der Waals surface area contributed by atoms with E-state index < -0.39 is 10.8 Å². The summed E-state index contributed by atoms with van der Waals surface area (Å²) in [5.41, 5.74) is -0.0778. The van der Waals surface area contributed by atoms with Gasteiger partial charge in [0.1, 0.15) is 0 Å². The molecule has 0 aliphatic rings. The van der Waals surface area contributed by atoms with E-state index in [0.717, 1.165) is 4.88 Å². The highest BCUT2D eigenvalue weighted by Crippen LogP contribution is 2.29. The number of methoxy groups -OCH3 is 1. The molecule has 0 saturated heterocycles. The van der Waals surface area contributed by atoms with Gasteiger partial charge in [-0.15, -0.1) is 11.3 Å². The number of ether oxygens (including phenoxy) is 1. The maximum Gasteiger partial charge on any atom is 0.311 e. The average molecular weight is 321 g/mol. The first kappa shape index (κ1) is 15.9. The summed E-state index contributed by atoms with van der Waals surface area (Å²) in [6.45, 7) is 4.07. The highest BCUT2D eigenvalue weighted by atomic mass is 32.1. The molecule has 2 rings (SSSR count). The first-order valence-corrected chi connectivity index (χ1v) is 7.33. The minimum atomic E-state index is -0.587. The van der Waals surface area contributed by atoms with Gasteiger partial charge in [-0.2, -0.15) is 0 Å². The van der Waals surface area contributed by atoms with Crippen molar-refractivity contribution in [2.45, 2.75) is 19.8 Å². The highest BCUT2D eigenvalue weighted by molar-refractivity contribution is 7.15. The molecule has 22 heavy (non-hydrogen) atoms. The maximum absolute atomic E-state index is 12.2. The third-order valence-corrected chi connectivity index (χ3v) is 4.16. The molecule has 7 nitrogen and oxygen atoms in total. The van der Waals surface area contributed by atoms with Gasteiger partial charge in [0, 0.05) is 22.7 Å². The normalized spacial score (nSPS) is 10.5. The Hall–Kier alpha value is -2.48. The molecule has 1 aromatic heterocycles. The number of benzene rings is 1. The molecule has 0 atom stereocenters. The van der Waals surface area contributed by atoms with Crippen LogP contribution in [0.15, 0.2) is 24.4 Å². The van der Waals surface area contributed by atoms with E-state index in [9.17, 15) is 14.9 Å². The van der Waals surface area contributed by atoms with Crippen LogP contribution in [0, 0.1) is 10.1 Å². The molecule has 2 aromatic rings. The number of carbonyl (C=O) groups excluding carboxylic acids is 1. The van der Waals surface area contributed by atoms with E-state index in [4.69, 9.17) is 4.74 Å². The van der Waals surface area contributed by atoms with Crippen molar-refractivity contribution in [2.75, 3.05) is 12.4 Å². The quantitative estimate of drug-likeness (QED) is 0.672. The van der Waals surface area contributed by atoms with Crippen molar-refractivity contribution in [2.24, 2.45) is 0 Å².